The monoisotopic (exact) mass is 330 g/mol. The van der Waals surface area contributed by atoms with Crippen LogP contribution in [0.1, 0.15) is 29.8 Å². The van der Waals surface area contributed by atoms with Gasteiger partial charge in [0.05, 0.1) is 5.76 Å². The zero-order valence-corrected chi connectivity index (χ0v) is 15.5. The zero-order chi connectivity index (χ0) is 18.1. The second kappa shape index (κ2) is 6.99. The quantitative estimate of drug-likeness (QED) is 0.770. The van der Waals surface area contributed by atoms with Crippen molar-refractivity contribution in [3.05, 3.63) is 41.7 Å². The van der Waals surface area contributed by atoms with Crippen LogP contribution in [-0.4, -0.2) is 62.7 Å². The fourth-order valence-corrected chi connectivity index (χ4v) is 2.50. The molecule has 0 aromatic heterocycles. The van der Waals surface area contributed by atoms with Crippen LogP contribution in [0.4, 0.5) is 0 Å². The van der Waals surface area contributed by atoms with Gasteiger partial charge in [-0.25, -0.2) is 0 Å². The van der Waals surface area contributed by atoms with E-state index in [1.165, 1.54) is 0 Å². The lowest BCUT2D eigenvalue weighted by molar-refractivity contribution is 0.0785. The number of nitrogens with zero attached hydrogens (tertiary/aromatic N) is 2. The van der Waals surface area contributed by atoms with Crippen LogP contribution in [-0.2, 0) is 9.31 Å². The van der Waals surface area contributed by atoms with Gasteiger partial charge in [-0.1, -0.05) is 18.7 Å². The van der Waals surface area contributed by atoms with E-state index in [2.05, 4.69) is 11.5 Å². The van der Waals surface area contributed by atoms with E-state index >= 15 is 0 Å². The number of aryl methyl sites for hydroxylation is 1. The Hall–Kier alpha value is -1.79. The number of carbonyl (C=O) groups is 1. The van der Waals surface area contributed by atoms with E-state index in [1.807, 2.05) is 60.1 Å². The summed E-state index contributed by atoms with van der Waals surface area (Å²) in [7, 11) is 5.35. The standard InChI is InChI=1S/C18H27BN2O3/c1-13-12-15(19-23-14(2)18(3,4)24-19)8-9-16(13)17(22)21(7)11-10-20(5)6/h8-9,12H,2,10-11H2,1,3-7H3. The lowest BCUT2D eigenvalue weighted by atomic mass is 9.78. The molecule has 2 rings (SSSR count). The molecule has 24 heavy (non-hydrogen) atoms. The Morgan fingerprint density at radius 3 is 2.42 bits per heavy atom. The van der Waals surface area contributed by atoms with Crippen LogP contribution in [0.2, 0.25) is 0 Å². The lowest BCUT2D eigenvalue weighted by Crippen LogP contribution is -2.36. The van der Waals surface area contributed by atoms with E-state index in [9.17, 15) is 4.79 Å². The summed E-state index contributed by atoms with van der Waals surface area (Å²) in [6.07, 6.45) is 0. The number of benzene rings is 1. The van der Waals surface area contributed by atoms with E-state index in [0.29, 0.717) is 17.9 Å². The summed E-state index contributed by atoms with van der Waals surface area (Å²) in [5.41, 5.74) is 2.01. The molecule has 1 amide bonds. The van der Waals surface area contributed by atoms with Crippen LogP contribution in [0.15, 0.2) is 30.5 Å². The van der Waals surface area contributed by atoms with Gasteiger partial charge >= 0.3 is 7.12 Å². The highest BCUT2D eigenvalue weighted by Crippen LogP contribution is 2.29. The molecule has 0 bridgehead atoms. The van der Waals surface area contributed by atoms with Gasteiger partial charge in [-0.15, -0.1) is 0 Å². The number of likely N-dealkylation sites (N-methyl/N-ethyl adjacent to an activating group) is 2. The highest BCUT2D eigenvalue weighted by molar-refractivity contribution is 6.62. The number of amides is 1. The summed E-state index contributed by atoms with van der Waals surface area (Å²) in [5, 5.41) is 0. The van der Waals surface area contributed by atoms with Gasteiger partial charge in [-0.05, 0) is 52.0 Å². The van der Waals surface area contributed by atoms with Crippen molar-refractivity contribution in [3.8, 4) is 0 Å². The molecule has 1 fully saturated rings. The number of hydrogen-bond acceptors (Lipinski definition) is 4. The third-order valence-electron chi connectivity index (χ3n) is 4.30. The second-order valence-corrected chi connectivity index (χ2v) is 7.11. The summed E-state index contributed by atoms with van der Waals surface area (Å²) in [5.74, 6) is 0.646. The summed E-state index contributed by atoms with van der Waals surface area (Å²) in [6.45, 7) is 11.2. The minimum atomic E-state index is -0.501. The first kappa shape index (κ1) is 18.6. The first-order chi connectivity index (χ1) is 11.1. The maximum Gasteiger partial charge on any atom is 0.563 e. The highest BCUT2D eigenvalue weighted by atomic mass is 16.7. The SMILES string of the molecule is C=C1OB(c2ccc(C(=O)N(C)CCN(C)C)c(C)c2)OC1(C)C. The Morgan fingerprint density at radius 1 is 1.25 bits per heavy atom. The van der Waals surface area contributed by atoms with Crippen LogP contribution < -0.4 is 5.46 Å². The Labute approximate surface area is 145 Å². The molecule has 1 aromatic carbocycles. The van der Waals surface area contributed by atoms with Gasteiger partial charge < -0.3 is 19.1 Å². The number of rotatable bonds is 5. The van der Waals surface area contributed by atoms with Crippen LogP contribution in [0.3, 0.4) is 0 Å². The molecule has 1 aliphatic rings. The van der Waals surface area contributed by atoms with Crippen molar-refractivity contribution in [2.24, 2.45) is 0 Å². The molecule has 0 saturated carbocycles. The van der Waals surface area contributed by atoms with E-state index in [1.54, 1.807) is 4.90 Å². The lowest BCUT2D eigenvalue weighted by Gasteiger charge is -2.21. The Bertz CT molecular complexity index is 643. The second-order valence-electron chi connectivity index (χ2n) is 7.11. The minimum absolute atomic E-state index is 0.0268. The average Bonchev–Trinajstić information content (AvgIpc) is 2.77. The van der Waals surface area contributed by atoms with Crippen LogP contribution in [0.25, 0.3) is 0 Å². The van der Waals surface area contributed by atoms with Crippen molar-refractivity contribution in [1.29, 1.82) is 0 Å². The molecule has 1 aliphatic heterocycles. The normalized spacial score (nSPS) is 16.5. The van der Waals surface area contributed by atoms with Crippen molar-refractivity contribution in [1.82, 2.24) is 9.80 Å². The van der Waals surface area contributed by atoms with Crippen molar-refractivity contribution < 1.29 is 14.1 Å². The zero-order valence-electron chi connectivity index (χ0n) is 15.5. The molecule has 0 aliphatic carbocycles. The average molecular weight is 330 g/mol. The molecule has 0 radical (unpaired) electrons. The van der Waals surface area contributed by atoms with Crippen molar-refractivity contribution >= 4 is 18.5 Å². The van der Waals surface area contributed by atoms with Gasteiger partial charge in [-0.3, -0.25) is 4.79 Å². The molecular formula is C18H27BN2O3. The van der Waals surface area contributed by atoms with E-state index in [0.717, 1.165) is 17.6 Å². The molecule has 1 aromatic rings. The largest absolute Gasteiger partial charge is 0.563 e. The van der Waals surface area contributed by atoms with Gasteiger partial charge in [0.2, 0.25) is 0 Å². The van der Waals surface area contributed by atoms with Crippen LogP contribution in [0, 0.1) is 6.92 Å². The molecule has 6 heteroatoms. The minimum Gasteiger partial charge on any atom is -0.534 e. The van der Waals surface area contributed by atoms with Gasteiger partial charge in [-0.2, -0.15) is 0 Å². The van der Waals surface area contributed by atoms with Gasteiger partial charge in [0, 0.05) is 25.7 Å². The molecular weight excluding hydrogens is 303 g/mol. The van der Waals surface area contributed by atoms with Gasteiger partial charge in [0.25, 0.3) is 5.91 Å². The first-order valence-electron chi connectivity index (χ1n) is 8.16. The first-order valence-corrected chi connectivity index (χ1v) is 8.16. The van der Waals surface area contributed by atoms with Crippen molar-refractivity contribution in [3.63, 3.8) is 0 Å². The van der Waals surface area contributed by atoms with Crippen LogP contribution >= 0.6 is 0 Å². The summed E-state index contributed by atoms with van der Waals surface area (Å²) in [4.78, 5) is 16.4. The van der Waals surface area contributed by atoms with Crippen molar-refractivity contribution in [2.75, 3.05) is 34.2 Å². The number of hydrogen-bond donors (Lipinski definition) is 0. The predicted octanol–water partition coefficient (Wildman–Crippen LogP) is 1.66. The maximum atomic E-state index is 12.6. The smallest absolute Gasteiger partial charge is 0.534 e. The summed E-state index contributed by atoms with van der Waals surface area (Å²) < 4.78 is 11.6. The molecule has 0 unspecified atom stereocenters. The molecule has 5 nitrogen and oxygen atoms in total. The Kier molecular flexibility index (Phi) is 5.40. The fraction of sp³-hybridized carbons (Fsp3) is 0.500. The van der Waals surface area contributed by atoms with E-state index in [4.69, 9.17) is 9.31 Å². The third-order valence-corrected chi connectivity index (χ3v) is 4.30. The predicted molar refractivity (Wildman–Crippen MR) is 97.5 cm³/mol. The molecule has 1 saturated heterocycles. The van der Waals surface area contributed by atoms with Gasteiger partial charge in [0.15, 0.2) is 0 Å². The van der Waals surface area contributed by atoms with E-state index in [-0.39, 0.29) is 5.91 Å². The molecule has 1 heterocycles. The molecule has 0 spiro atoms. The third kappa shape index (κ3) is 4.00. The van der Waals surface area contributed by atoms with Gasteiger partial charge in [0.1, 0.15) is 5.60 Å². The topological polar surface area (TPSA) is 42.0 Å². The summed E-state index contributed by atoms with van der Waals surface area (Å²) >= 11 is 0. The van der Waals surface area contributed by atoms with E-state index < -0.39 is 12.7 Å². The Morgan fingerprint density at radius 2 is 1.92 bits per heavy atom. The molecule has 130 valence electrons. The Balaban J connectivity index is 2.13. The van der Waals surface area contributed by atoms with Crippen molar-refractivity contribution in [2.45, 2.75) is 26.4 Å². The van der Waals surface area contributed by atoms with Crippen LogP contribution in [0.5, 0.6) is 0 Å². The highest BCUT2D eigenvalue weighted by Gasteiger charge is 2.42. The molecule has 0 N–H and O–H groups in total. The maximum absolute atomic E-state index is 12.6. The molecule has 0 atom stereocenters. The fourth-order valence-electron chi connectivity index (χ4n) is 2.50. The summed E-state index contributed by atoms with van der Waals surface area (Å²) in [6, 6.07) is 5.69. The number of carbonyl (C=O) groups excluding carboxylic acids is 1.